The van der Waals surface area contributed by atoms with Crippen LogP contribution in [0.1, 0.15) is 41.1 Å². The SMILES string of the molecule is CCc1nc(C2SCCSC2CC)sc1CNC. The van der Waals surface area contributed by atoms with Crippen molar-refractivity contribution in [3.8, 4) is 0 Å². The van der Waals surface area contributed by atoms with Crippen LogP contribution >= 0.6 is 34.9 Å². The topological polar surface area (TPSA) is 24.9 Å². The van der Waals surface area contributed by atoms with Crippen molar-refractivity contribution >= 4 is 34.9 Å². The first-order valence-corrected chi connectivity index (χ1v) is 9.57. The Kier molecular flexibility index (Phi) is 5.86. The van der Waals surface area contributed by atoms with Crippen LogP contribution in [0.25, 0.3) is 0 Å². The fraction of sp³-hybridized carbons (Fsp3) is 0.769. The van der Waals surface area contributed by atoms with Gasteiger partial charge < -0.3 is 5.32 Å². The number of aryl methyl sites for hydroxylation is 1. The molecule has 2 nitrogen and oxygen atoms in total. The predicted octanol–water partition coefficient (Wildman–Crippen LogP) is 3.72. The minimum atomic E-state index is 0.620. The third kappa shape index (κ3) is 3.24. The van der Waals surface area contributed by atoms with Crippen molar-refractivity contribution < 1.29 is 0 Å². The first-order valence-electron chi connectivity index (χ1n) is 6.66. The summed E-state index contributed by atoms with van der Waals surface area (Å²) in [7, 11) is 2.01. The maximum absolute atomic E-state index is 4.91. The molecular weight excluding hydrogens is 280 g/mol. The Bertz CT molecular complexity index is 378. The van der Waals surface area contributed by atoms with Gasteiger partial charge in [-0.05, 0) is 19.9 Å². The van der Waals surface area contributed by atoms with E-state index in [0.717, 1.165) is 18.2 Å². The van der Waals surface area contributed by atoms with E-state index in [1.54, 1.807) is 0 Å². The second kappa shape index (κ2) is 7.17. The average Bonchev–Trinajstić information content (AvgIpc) is 2.82. The predicted molar refractivity (Wildman–Crippen MR) is 86.0 cm³/mol. The molecule has 2 atom stereocenters. The summed E-state index contributed by atoms with van der Waals surface area (Å²) in [6, 6.07) is 0. The van der Waals surface area contributed by atoms with Gasteiger partial charge in [-0.2, -0.15) is 11.8 Å². The molecule has 2 rings (SSSR count). The van der Waals surface area contributed by atoms with Gasteiger partial charge >= 0.3 is 0 Å². The molecule has 1 fully saturated rings. The number of thioether (sulfide) groups is 2. The highest BCUT2D eigenvalue weighted by atomic mass is 32.2. The van der Waals surface area contributed by atoms with E-state index < -0.39 is 0 Å². The van der Waals surface area contributed by atoms with Gasteiger partial charge in [-0.15, -0.1) is 23.1 Å². The summed E-state index contributed by atoms with van der Waals surface area (Å²) < 4.78 is 0. The first kappa shape index (κ1) is 14.7. The summed E-state index contributed by atoms with van der Waals surface area (Å²) in [5, 5.41) is 5.99. The number of hydrogen-bond acceptors (Lipinski definition) is 5. The van der Waals surface area contributed by atoms with E-state index in [2.05, 4.69) is 42.7 Å². The molecule has 1 aliphatic heterocycles. The molecule has 2 unspecified atom stereocenters. The zero-order valence-corrected chi connectivity index (χ0v) is 13.8. The van der Waals surface area contributed by atoms with Gasteiger partial charge in [0.15, 0.2) is 0 Å². The molecule has 0 radical (unpaired) electrons. The summed E-state index contributed by atoms with van der Waals surface area (Å²) in [4.78, 5) is 6.35. The molecule has 0 spiro atoms. The molecule has 102 valence electrons. The van der Waals surface area contributed by atoms with Gasteiger partial charge in [0.25, 0.3) is 0 Å². The Hall–Kier alpha value is 0.290. The van der Waals surface area contributed by atoms with E-state index in [-0.39, 0.29) is 0 Å². The van der Waals surface area contributed by atoms with Crippen molar-refractivity contribution in [3.63, 3.8) is 0 Å². The molecule has 1 saturated heterocycles. The molecule has 0 bridgehead atoms. The summed E-state index contributed by atoms with van der Waals surface area (Å²) in [6.07, 6.45) is 2.31. The normalized spacial score (nSPS) is 24.4. The van der Waals surface area contributed by atoms with E-state index in [1.165, 1.54) is 33.5 Å². The quantitative estimate of drug-likeness (QED) is 0.896. The van der Waals surface area contributed by atoms with Crippen molar-refractivity contribution in [3.05, 3.63) is 15.6 Å². The summed E-state index contributed by atoms with van der Waals surface area (Å²) in [5.74, 6) is 2.57. The molecule has 5 heteroatoms. The number of hydrogen-bond donors (Lipinski definition) is 1. The highest BCUT2D eigenvalue weighted by Crippen LogP contribution is 2.45. The van der Waals surface area contributed by atoms with Crippen molar-refractivity contribution in [2.24, 2.45) is 0 Å². The first-order chi connectivity index (χ1) is 8.80. The smallest absolute Gasteiger partial charge is 0.107 e. The zero-order valence-electron chi connectivity index (χ0n) is 11.4. The van der Waals surface area contributed by atoms with E-state index in [1.807, 2.05) is 18.4 Å². The van der Waals surface area contributed by atoms with E-state index in [4.69, 9.17) is 4.98 Å². The molecule has 0 amide bonds. The lowest BCUT2D eigenvalue weighted by molar-refractivity contribution is 0.781. The van der Waals surface area contributed by atoms with Crippen LogP contribution in [-0.4, -0.2) is 28.8 Å². The minimum absolute atomic E-state index is 0.620. The van der Waals surface area contributed by atoms with Crippen LogP contribution in [0, 0.1) is 0 Å². The monoisotopic (exact) mass is 302 g/mol. The average molecular weight is 303 g/mol. The lowest BCUT2D eigenvalue weighted by Gasteiger charge is -2.28. The number of aromatic nitrogens is 1. The molecule has 1 aromatic rings. The number of nitrogens with one attached hydrogen (secondary N) is 1. The fourth-order valence-electron chi connectivity index (χ4n) is 2.23. The third-order valence-electron chi connectivity index (χ3n) is 3.16. The van der Waals surface area contributed by atoms with Gasteiger partial charge in [-0.1, -0.05) is 13.8 Å². The van der Waals surface area contributed by atoms with Gasteiger partial charge in [0.2, 0.25) is 0 Å². The highest BCUT2D eigenvalue weighted by molar-refractivity contribution is 8.06. The van der Waals surface area contributed by atoms with Crippen LogP contribution in [0.2, 0.25) is 0 Å². The summed E-state index contributed by atoms with van der Waals surface area (Å²) in [5.41, 5.74) is 1.30. The molecule has 0 saturated carbocycles. The maximum Gasteiger partial charge on any atom is 0.107 e. The molecule has 0 aliphatic carbocycles. The Labute approximate surface area is 123 Å². The number of thiazole rings is 1. The molecular formula is C13H22N2S3. The summed E-state index contributed by atoms with van der Waals surface area (Å²) >= 11 is 6.17. The van der Waals surface area contributed by atoms with Crippen molar-refractivity contribution in [2.75, 3.05) is 18.6 Å². The molecule has 1 N–H and O–H groups in total. The van der Waals surface area contributed by atoms with Crippen molar-refractivity contribution in [2.45, 2.75) is 43.7 Å². The van der Waals surface area contributed by atoms with E-state index >= 15 is 0 Å². The molecule has 0 aromatic carbocycles. The summed E-state index contributed by atoms with van der Waals surface area (Å²) in [6.45, 7) is 5.47. The highest BCUT2D eigenvalue weighted by Gasteiger charge is 2.29. The van der Waals surface area contributed by atoms with Gasteiger partial charge in [0.1, 0.15) is 5.01 Å². The lowest BCUT2D eigenvalue weighted by atomic mass is 10.2. The van der Waals surface area contributed by atoms with Crippen LogP contribution in [0.15, 0.2) is 0 Å². The standard InChI is InChI=1S/C13H22N2S3/c1-4-9-11(8-14-3)18-13(15-9)12-10(5-2)16-6-7-17-12/h10,12,14H,4-8H2,1-3H3. The second-order valence-electron chi connectivity index (χ2n) is 4.41. The third-order valence-corrected chi connectivity index (χ3v) is 7.75. The minimum Gasteiger partial charge on any atom is -0.315 e. The largest absolute Gasteiger partial charge is 0.315 e. The van der Waals surface area contributed by atoms with Gasteiger partial charge in [-0.25, -0.2) is 4.98 Å². The van der Waals surface area contributed by atoms with Gasteiger partial charge in [0, 0.05) is 28.2 Å². The Morgan fingerprint density at radius 2 is 2.06 bits per heavy atom. The van der Waals surface area contributed by atoms with Crippen molar-refractivity contribution in [1.82, 2.24) is 10.3 Å². The fourth-order valence-corrected chi connectivity index (χ4v) is 6.82. The Balaban J connectivity index is 2.20. The molecule has 1 aliphatic rings. The van der Waals surface area contributed by atoms with Crippen LogP contribution in [0.4, 0.5) is 0 Å². The van der Waals surface area contributed by atoms with Crippen molar-refractivity contribution in [1.29, 1.82) is 0 Å². The van der Waals surface area contributed by atoms with Crippen LogP contribution in [-0.2, 0) is 13.0 Å². The van der Waals surface area contributed by atoms with Gasteiger partial charge in [0.05, 0.1) is 10.9 Å². The second-order valence-corrected chi connectivity index (χ2v) is 8.13. The van der Waals surface area contributed by atoms with Crippen LogP contribution in [0.3, 0.4) is 0 Å². The maximum atomic E-state index is 4.91. The van der Waals surface area contributed by atoms with Gasteiger partial charge in [-0.3, -0.25) is 0 Å². The zero-order chi connectivity index (χ0) is 13.0. The molecule has 18 heavy (non-hydrogen) atoms. The van der Waals surface area contributed by atoms with E-state index in [0.29, 0.717) is 5.25 Å². The lowest BCUT2D eigenvalue weighted by Crippen LogP contribution is -2.18. The Morgan fingerprint density at radius 3 is 2.72 bits per heavy atom. The molecule has 1 aromatic heterocycles. The van der Waals surface area contributed by atoms with Crippen LogP contribution in [0.5, 0.6) is 0 Å². The number of rotatable bonds is 5. The van der Waals surface area contributed by atoms with Crippen LogP contribution < -0.4 is 5.32 Å². The van der Waals surface area contributed by atoms with E-state index in [9.17, 15) is 0 Å². The Morgan fingerprint density at radius 1 is 1.28 bits per heavy atom. The molecule has 2 heterocycles. The number of nitrogens with zero attached hydrogens (tertiary/aromatic N) is 1.